The Hall–Kier alpha value is -1.50. The molecule has 0 atom stereocenters. The number of benzene rings is 1. The number of hydrogen-bond acceptors (Lipinski definition) is 3. The van der Waals surface area contributed by atoms with Gasteiger partial charge >= 0.3 is 0 Å². The molecule has 0 aliphatic rings. The molecule has 7 heteroatoms. The maximum Gasteiger partial charge on any atom is 0.280 e. The average Bonchev–Trinajstić information content (AvgIpc) is 2.88. The summed E-state index contributed by atoms with van der Waals surface area (Å²) in [7, 11) is 1.59. The molecule has 0 fully saturated rings. The van der Waals surface area contributed by atoms with Gasteiger partial charge in [-0.05, 0) is 24.3 Å². The standard InChI is InChI=1S/C14H16ClF2N3O/c1-21-7-6-18-8-10-9-19-20(13(10)14(16)17)12-4-2-11(15)3-5-12/h2-5,9,14,18H,6-8H2,1H3. The van der Waals surface area contributed by atoms with E-state index in [1.165, 1.54) is 10.9 Å². The molecule has 0 aliphatic carbocycles. The van der Waals surface area contributed by atoms with E-state index in [0.717, 1.165) is 0 Å². The number of ether oxygens (including phenoxy) is 1. The van der Waals surface area contributed by atoms with Crippen LogP contribution in [0.25, 0.3) is 5.69 Å². The Morgan fingerprint density at radius 2 is 2.05 bits per heavy atom. The predicted octanol–water partition coefficient (Wildman–Crippen LogP) is 3.20. The van der Waals surface area contributed by atoms with E-state index in [-0.39, 0.29) is 5.69 Å². The number of alkyl halides is 2. The van der Waals surface area contributed by atoms with E-state index in [2.05, 4.69) is 10.4 Å². The number of nitrogens with zero attached hydrogens (tertiary/aromatic N) is 2. The highest BCUT2D eigenvalue weighted by Crippen LogP contribution is 2.26. The summed E-state index contributed by atoms with van der Waals surface area (Å²) in [5.41, 5.74) is 0.913. The maximum absolute atomic E-state index is 13.3. The third-order valence-corrected chi connectivity index (χ3v) is 3.21. The lowest BCUT2D eigenvalue weighted by atomic mass is 10.2. The Bertz CT molecular complexity index is 572. The fourth-order valence-corrected chi connectivity index (χ4v) is 2.07. The smallest absolute Gasteiger partial charge is 0.280 e. The normalized spacial score (nSPS) is 11.3. The number of aromatic nitrogens is 2. The lowest BCUT2D eigenvalue weighted by molar-refractivity contribution is 0.141. The first-order chi connectivity index (χ1) is 10.1. The van der Waals surface area contributed by atoms with Crippen molar-refractivity contribution < 1.29 is 13.5 Å². The molecule has 0 saturated carbocycles. The highest BCUT2D eigenvalue weighted by molar-refractivity contribution is 6.30. The number of halogens is 3. The van der Waals surface area contributed by atoms with Crippen molar-refractivity contribution >= 4 is 11.6 Å². The van der Waals surface area contributed by atoms with E-state index >= 15 is 0 Å². The van der Waals surface area contributed by atoms with Crippen LogP contribution in [0, 0.1) is 0 Å². The van der Waals surface area contributed by atoms with Crippen LogP contribution in [0.1, 0.15) is 17.7 Å². The Morgan fingerprint density at radius 3 is 2.67 bits per heavy atom. The van der Waals surface area contributed by atoms with Crippen molar-refractivity contribution in [3.8, 4) is 5.69 Å². The van der Waals surface area contributed by atoms with Gasteiger partial charge in [-0.2, -0.15) is 5.10 Å². The zero-order valence-electron chi connectivity index (χ0n) is 11.5. The summed E-state index contributed by atoms with van der Waals surface area (Å²) in [6.45, 7) is 1.43. The molecule has 0 spiro atoms. The van der Waals surface area contributed by atoms with E-state index in [4.69, 9.17) is 16.3 Å². The zero-order valence-corrected chi connectivity index (χ0v) is 12.3. The summed E-state index contributed by atoms with van der Waals surface area (Å²) < 4.78 is 32.8. The van der Waals surface area contributed by atoms with Crippen LogP contribution in [0.2, 0.25) is 5.02 Å². The fraction of sp³-hybridized carbons (Fsp3) is 0.357. The molecular weight excluding hydrogens is 300 g/mol. The highest BCUT2D eigenvalue weighted by Gasteiger charge is 2.20. The Labute approximate surface area is 126 Å². The second-order valence-corrected chi connectivity index (χ2v) is 4.85. The minimum atomic E-state index is -2.61. The molecule has 0 saturated heterocycles. The summed E-state index contributed by atoms with van der Waals surface area (Å²) in [6.07, 6.45) is -1.15. The van der Waals surface area contributed by atoms with Crippen molar-refractivity contribution in [1.29, 1.82) is 0 Å². The second-order valence-electron chi connectivity index (χ2n) is 4.41. The van der Waals surface area contributed by atoms with Crippen LogP contribution in [0.4, 0.5) is 8.78 Å². The van der Waals surface area contributed by atoms with Crippen LogP contribution in [-0.4, -0.2) is 30.0 Å². The van der Waals surface area contributed by atoms with Gasteiger partial charge in [-0.1, -0.05) is 11.6 Å². The molecule has 2 rings (SSSR count). The lowest BCUT2D eigenvalue weighted by Gasteiger charge is -2.09. The summed E-state index contributed by atoms with van der Waals surface area (Å²) in [6, 6.07) is 6.60. The van der Waals surface area contributed by atoms with Crippen molar-refractivity contribution in [2.24, 2.45) is 0 Å². The molecule has 114 valence electrons. The molecule has 0 aliphatic heterocycles. The van der Waals surface area contributed by atoms with Gasteiger partial charge in [0.2, 0.25) is 0 Å². The third kappa shape index (κ3) is 4.00. The van der Waals surface area contributed by atoms with E-state index in [1.807, 2.05) is 0 Å². The molecular formula is C14H16ClF2N3O. The first kappa shape index (κ1) is 15.9. The van der Waals surface area contributed by atoms with Crippen LogP contribution in [0.5, 0.6) is 0 Å². The van der Waals surface area contributed by atoms with Crippen LogP contribution >= 0.6 is 11.6 Å². The van der Waals surface area contributed by atoms with Gasteiger partial charge in [0.05, 0.1) is 18.5 Å². The van der Waals surface area contributed by atoms with E-state index < -0.39 is 6.43 Å². The quantitative estimate of drug-likeness (QED) is 0.798. The van der Waals surface area contributed by atoms with Gasteiger partial charge in [-0.3, -0.25) is 0 Å². The summed E-state index contributed by atoms with van der Waals surface area (Å²) >= 11 is 5.81. The monoisotopic (exact) mass is 315 g/mol. The van der Waals surface area contributed by atoms with Crippen molar-refractivity contribution in [3.05, 3.63) is 46.7 Å². The summed E-state index contributed by atoms with van der Waals surface area (Å²) in [4.78, 5) is 0. The van der Waals surface area contributed by atoms with Gasteiger partial charge in [0, 0.05) is 30.8 Å². The summed E-state index contributed by atoms with van der Waals surface area (Å²) in [5, 5.41) is 7.64. The first-order valence-electron chi connectivity index (χ1n) is 6.44. The first-order valence-corrected chi connectivity index (χ1v) is 6.82. The van der Waals surface area contributed by atoms with E-state index in [9.17, 15) is 8.78 Å². The molecule has 1 aromatic carbocycles. The Morgan fingerprint density at radius 1 is 1.33 bits per heavy atom. The molecule has 1 heterocycles. The van der Waals surface area contributed by atoms with Crippen molar-refractivity contribution in [1.82, 2.24) is 15.1 Å². The van der Waals surface area contributed by atoms with Crippen LogP contribution in [0.3, 0.4) is 0 Å². The van der Waals surface area contributed by atoms with Gasteiger partial charge < -0.3 is 10.1 Å². The van der Waals surface area contributed by atoms with Crippen LogP contribution in [0.15, 0.2) is 30.5 Å². The Balaban J connectivity index is 2.22. The minimum absolute atomic E-state index is 0.109. The van der Waals surface area contributed by atoms with Crippen molar-refractivity contribution in [3.63, 3.8) is 0 Å². The van der Waals surface area contributed by atoms with Gasteiger partial charge in [0.15, 0.2) is 0 Å². The molecule has 0 unspecified atom stereocenters. The Kier molecular flexibility index (Phi) is 5.67. The number of nitrogens with one attached hydrogen (secondary N) is 1. The fourth-order valence-electron chi connectivity index (χ4n) is 1.95. The lowest BCUT2D eigenvalue weighted by Crippen LogP contribution is -2.19. The van der Waals surface area contributed by atoms with Gasteiger partial charge in [-0.25, -0.2) is 13.5 Å². The number of methoxy groups -OCH3 is 1. The molecule has 21 heavy (non-hydrogen) atoms. The average molecular weight is 316 g/mol. The van der Waals surface area contributed by atoms with Gasteiger partial charge in [-0.15, -0.1) is 0 Å². The maximum atomic E-state index is 13.3. The molecule has 0 bridgehead atoms. The highest BCUT2D eigenvalue weighted by atomic mass is 35.5. The molecule has 0 amide bonds. The largest absolute Gasteiger partial charge is 0.383 e. The van der Waals surface area contributed by atoms with E-state index in [0.29, 0.717) is 36.0 Å². The molecule has 1 aromatic heterocycles. The van der Waals surface area contributed by atoms with Crippen molar-refractivity contribution in [2.45, 2.75) is 13.0 Å². The topological polar surface area (TPSA) is 39.1 Å². The SMILES string of the molecule is COCCNCc1cnn(-c2ccc(Cl)cc2)c1C(F)F. The zero-order chi connectivity index (χ0) is 15.2. The molecule has 4 nitrogen and oxygen atoms in total. The van der Waals surface area contributed by atoms with Crippen LogP contribution in [-0.2, 0) is 11.3 Å². The minimum Gasteiger partial charge on any atom is -0.383 e. The summed E-state index contributed by atoms with van der Waals surface area (Å²) in [5.74, 6) is 0. The molecule has 1 N–H and O–H groups in total. The third-order valence-electron chi connectivity index (χ3n) is 2.96. The van der Waals surface area contributed by atoms with Crippen molar-refractivity contribution in [2.75, 3.05) is 20.3 Å². The molecule has 0 radical (unpaired) electrons. The second kappa shape index (κ2) is 7.49. The number of hydrogen-bond donors (Lipinski definition) is 1. The van der Waals surface area contributed by atoms with E-state index in [1.54, 1.807) is 31.4 Å². The number of rotatable bonds is 7. The van der Waals surface area contributed by atoms with Gasteiger partial charge in [0.25, 0.3) is 6.43 Å². The van der Waals surface area contributed by atoms with Gasteiger partial charge in [0.1, 0.15) is 5.69 Å². The van der Waals surface area contributed by atoms with Crippen LogP contribution < -0.4 is 5.32 Å². The molecule has 2 aromatic rings. The predicted molar refractivity (Wildman–Crippen MR) is 77.1 cm³/mol.